The predicted octanol–water partition coefficient (Wildman–Crippen LogP) is 3.24. The summed E-state index contributed by atoms with van der Waals surface area (Å²) in [4.78, 5) is 12.3. The van der Waals surface area contributed by atoms with Gasteiger partial charge in [0, 0.05) is 11.0 Å². The molecule has 4 nitrogen and oxygen atoms in total. The minimum atomic E-state index is -0.436. The Labute approximate surface area is 114 Å². The normalized spacial score (nSPS) is 12.2. The Morgan fingerprint density at radius 3 is 2.84 bits per heavy atom. The van der Waals surface area contributed by atoms with Crippen LogP contribution in [-0.2, 0) is 4.79 Å². The van der Waals surface area contributed by atoms with Crippen LogP contribution in [0.15, 0.2) is 39.8 Å². The maximum Gasteiger partial charge on any atom is 0.238 e. The highest BCUT2D eigenvalue weighted by molar-refractivity contribution is 8.00. The van der Waals surface area contributed by atoms with Gasteiger partial charge in [0.1, 0.15) is 11.6 Å². The van der Waals surface area contributed by atoms with E-state index in [1.807, 2.05) is 0 Å². The Bertz CT molecular complexity index is 586. The molecule has 0 aliphatic rings. The van der Waals surface area contributed by atoms with Crippen molar-refractivity contribution in [3.8, 4) is 0 Å². The molecule has 1 atom stereocenters. The first kappa shape index (κ1) is 13.6. The number of rotatable bonds is 4. The zero-order valence-corrected chi connectivity index (χ0v) is 11.3. The smallest absolute Gasteiger partial charge is 0.238 e. The van der Waals surface area contributed by atoms with Crippen LogP contribution in [0.3, 0.4) is 0 Å². The van der Waals surface area contributed by atoms with Crippen molar-refractivity contribution < 1.29 is 13.7 Å². The van der Waals surface area contributed by atoms with Gasteiger partial charge in [0.2, 0.25) is 5.91 Å². The lowest BCUT2D eigenvalue weighted by atomic mass is 10.3. The molecule has 0 radical (unpaired) electrons. The number of carbonyl (C=O) groups excluding carboxylic acids is 1. The van der Waals surface area contributed by atoms with Crippen molar-refractivity contribution in [2.75, 3.05) is 5.32 Å². The van der Waals surface area contributed by atoms with Gasteiger partial charge in [0.05, 0.1) is 5.25 Å². The summed E-state index contributed by atoms with van der Waals surface area (Å²) in [5.41, 5.74) is 0. The second kappa shape index (κ2) is 5.88. The fourth-order valence-electron chi connectivity index (χ4n) is 1.44. The number of aromatic nitrogens is 1. The molecule has 0 saturated carbocycles. The van der Waals surface area contributed by atoms with Gasteiger partial charge in [0.25, 0.3) is 0 Å². The van der Waals surface area contributed by atoms with Crippen LogP contribution in [0.1, 0.15) is 12.7 Å². The fourth-order valence-corrected chi connectivity index (χ4v) is 2.32. The lowest BCUT2D eigenvalue weighted by Gasteiger charge is -2.10. The topological polar surface area (TPSA) is 55.1 Å². The Hall–Kier alpha value is -1.82. The van der Waals surface area contributed by atoms with Crippen LogP contribution in [0.2, 0.25) is 0 Å². The van der Waals surface area contributed by atoms with Crippen molar-refractivity contribution >= 4 is 23.5 Å². The third kappa shape index (κ3) is 3.57. The van der Waals surface area contributed by atoms with Crippen LogP contribution in [0.5, 0.6) is 0 Å². The molecule has 0 spiro atoms. The molecule has 2 rings (SSSR count). The zero-order valence-electron chi connectivity index (χ0n) is 10.5. The Kier molecular flexibility index (Phi) is 4.21. The average Bonchev–Trinajstić information content (AvgIpc) is 2.77. The monoisotopic (exact) mass is 280 g/mol. The summed E-state index contributed by atoms with van der Waals surface area (Å²) in [6.45, 7) is 3.44. The van der Waals surface area contributed by atoms with E-state index in [4.69, 9.17) is 4.52 Å². The Morgan fingerprint density at radius 2 is 2.21 bits per heavy atom. The quantitative estimate of drug-likeness (QED) is 0.873. The number of hydrogen-bond donors (Lipinski definition) is 1. The highest BCUT2D eigenvalue weighted by Gasteiger charge is 2.17. The molecule has 1 amide bonds. The van der Waals surface area contributed by atoms with E-state index in [9.17, 15) is 9.18 Å². The molecular weight excluding hydrogens is 267 g/mol. The fraction of sp³-hybridized carbons (Fsp3) is 0.231. The van der Waals surface area contributed by atoms with Crippen molar-refractivity contribution in [1.29, 1.82) is 0 Å². The summed E-state index contributed by atoms with van der Waals surface area (Å²) in [6, 6.07) is 7.98. The molecule has 1 heterocycles. The molecule has 0 fully saturated rings. The van der Waals surface area contributed by atoms with E-state index in [0.717, 1.165) is 11.8 Å². The van der Waals surface area contributed by atoms with Crippen LogP contribution >= 0.6 is 11.8 Å². The van der Waals surface area contributed by atoms with Gasteiger partial charge in [0.15, 0.2) is 5.82 Å². The molecule has 100 valence electrons. The number of thioether (sulfide) groups is 1. The molecular formula is C13H13FN2O2S. The van der Waals surface area contributed by atoms with Crippen LogP contribution in [-0.4, -0.2) is 16.3 Å². The zero-order chi connectivity index (χ0) is 13.8. The van der Waals surface area contributed by atoms with Gasteiger partial charge in [-0.3, -0.25) is 4.79 Å². The lowest BCUT2D eigenvalue weighted by Crippen LogP contribution is -2.22. The number of carbonyl (C=O) groups is 1. The first-order chi connectivity index (χ1) is 9.06. The van der Waals surface area contributed by atoms with E-state index in [1.54, 1.807) is 38.1 Å². The van der Waals surface area contributed by atoms with Crippen molar-refractivity contribution in [1.82, 2.24) is 5.16 Å². The molecule has 0 bridgehead atoms. The van der Waals surface area contributed by atoms with Gasteiger partial charge in [-0.1, -0.05) is 17.3 Å². The van der Waals surface area contributed by atoms with Gasteiger partial charge in [-0.05, 0) is 26.0 Å². The van der Waals surface area contributed by atoms with Crippen LogP contribution in [0, 0.1) is 12.7 Å². The average molecular weight is 280 g/mol. The van der Waals surface area contributed by atoms with E-state index in [2.05, 4.69) is 10.5 Å². The molecule has 0 aliphatic carbocycles. The number of amides is 1. The van der Waals surface area contributed by atoms with Crippen molar-refractivity contribution in [2.45, 2.75) is 24.0 Å². The van der Waals surface area contributed by atoms with E-state index in [1.165, 1.54) is 6.07 Å². The molecule has 1 aromatic carbocycles. The summed E-state index contributed by atoms with van der Waals surface area (Å²) in [5, 5.41) is 5.85. The SMILES string of the molecule is Cc1cc(NC(=O)C(C)Sc2ccccc2F)no1. The van der Waals surface area contributed by atoms with E-state index >= 15 is 0 Å². The molecule has 0 saturated heterocycles. The third-order valence-electron chi connectivity index (χ3n) is 2.39. The summed E-state index contributed by atoms with van der Waals surface area (Å²) < 4.78 is 18.3. The van der Waals surface area contributed by atoms with Crippen molar-refractivity contribution in [2.24, 2.45) is 0 Å². The van der Waals surface area contributed by atoms with Gasteiger partial charge in [-0.15, -0.1) is 11.8 Å². The minimum Gasteiger partial charge on any atom is -0.360 e. The molecule has 1 N–H and O–H groups in total. The summed E-state index contributed by atoms with van der Waals surface area (Å²) in [7, 11) is 0. The van der Waals surface area contributed by atoms with E-state index < -0.39 is 5.25 Å². The van der Waals surface area contributed by atoms with Crippen molar-refractivity contribution in [3.05, 3.63) is 41.9 Å². The highest BCUT2D eigenvalue weighted by Crippen LogP contribution is 2.26. The molecule has 1 unspecified atom stereocenters. The number of hydrogen-bond acceptors (Lipinski definition) is 4. The van der Waals surface area contributed by atoms with E-state index in [0.29, 0.717) is 16.5 Å². The van der Waals surface area contributed by atoms with Crippen LogP contribution < -0.4 is 5.32 Å². The van der Waals surface area contributed by atoms with E-state index in [-0.39, 0.29) is 11.7 Å². The second-order valence-electron chi connectivity index (χ2n) is 4.00. The van der Waals surface area contributed by atoms with Gasteiger partial charge in [-0.2, -0.15) is 0 Å². The maximum absolute atomic E-state index is 13.5. The van der Waals surface area contributed by atoms with Gasteiger partial charge < -0.3 is 9.84 Å². The Balaban J connectivity index is 1.98. The number of nitrogens with one attached hydrogen (secondary N) is 1. The van der Waals surface area contributed by atoms with Crippen LogP contribution in [0.25, 0.3) is 0 Å². The van der Waals surface area contributed by atoms with Gasteiger partial charge in [-0.25, -0.2) is 4.39 Å². The summed E-state index contributed by atoms with van der Waals surface area (Å²) in [6.07, 6.45) is 0. The largest absolute Gasteiger partial charge is 0.360 e. The maximum atomic E-state index is 13.5. The molecule has 0 aliphatic heterocycles. The lowest BCUT2D eigenvalue weighted by molar-refractivity contribution is -0.115. The number of anilines is 1. The standard InChI is InChI=1S/C13H13FN2O2S/c1-8-7-12(16-18-8)15-13(17)9(2)19-11-6-4-3-5-10(11)14/h3-7,9H,1-2H3,(H,15,16,17). The number of halogens is 1. The number of aryl methyl sites for hydroxylation is 1. The van der Waals surface area contributed by atoms with Crippen molar-refractivity contribution in [3.63, 3.8) is 0 Å². The number of benzene rings is 1. The Morgan fingerprint density at radius 1 is 1.47 bits per heavy atom. The minimum absolute atomic E-state index is 0.249. The molecule has 6 heteroatoms. The first-order valence-electron chi connectivity index (χ1n) is 5.71. The third-order valence-corrected chi connectivity index (χ3v) is 3.54. The second-order valence-corrected chi connectivity index (χ2v) is 5.39. The van der Waals surface area contributed by atoms with Gasteiger partial charge >= 0.3 is 0 Å². The first-order valence-corrected chi connectivity index (χ1v) is 6.59. The summed E-state index contributed by atoms with van der Waals surface area (Å²) >= 11 is 1.16. The molecule has 19 heavy (non-hydrogen) atoms. The van der Waals surface area contributed by atoms with Crippen LogP contribution in [0.4, 0.5) is 10.2 Å². The molecule has 2 aromatic rings. The summed E-state index contributed by atoms with van der Waals surface area (Å²) in [5.74, 6) is 0.402. The molecule has 1 aromatic heterocycles. The number of nitrogens with zero attached hydrogens (tertiary/aromatic N) is 1. The highest BCUT2D eigenvalue weighted by atomic mass is 32.2. The predicted molar refractivity (Wildman–Crippen MR) is 71.6 cm³/mol.